The predicted octanol–water partition coefficient (Wildman–Crippen LogP) is 7.16. The minimum atomic E-state index is -4.37. The Balaban J connectivity index is 1.70. The maximum atomic E-state index is 12.8. The van der Waals surface area contributed by atoms with Crippen LogP contribution in [0, 0.1) is 6.92 Å². The molecular formula is C26H25F3O4. The summed E-state index contributed by atoms with van der Waals surface area (Å²) in [7, 11) is 0. The number of furan rings is 1. The molecule has 0 aliphatic heterocycles. The highest BCUT2D eigenvalue weighted by Gasteiger charge is 2.31. The monoisotopic (exact) mass is 458 g/mol. The molecule has 3 rings (SSSR count). The summed E-state index contributed by atoms with van der Waals surface area (Å²) in [5, 5.41) is 0. The molecule has 0 saturated heterocycles. The van der Waals surface area contributed by atoms with E-state index in [1.807, 2.05) is 24.3 Å². The molecule has 0 amide bonds. The minimum absolute atomic E-state index is 0.281. The van der Waals surface area contributed by atoms with Gasteiger partial charge in [-0.15, -0.1) is 0 Å². The van der Waals surface area contributed by atoms with Crippen molar-refractivity contribution in [2.45, 2.75) is 39.5 Å². The molecule has 0 saturated carbocycles. The van der Waals surface area contributed by atoms with E-state index in [1.54, 1.807) is 45.9 Å². The van der Waals surface area contributed by atoms with E-state index < -0.39 is 23.3 Å². The Hall–Kier alpha value is -3.48. The number of aryl methyl sites for hydroxylation is 1. The molecule has 0 fully saturated rings. The SMILES string of the molecule is CCOC(=O)C(C)(C)Oc1ccc(/C=C\c2cc(-c3ccc(C(F)(F)F)cc3)oc2C)cc1. The van der Waals surface area contributed by atoms with Crippen LogP contribution in [-0.4, -0.2) is 18.2 Å². The topological polar surface area (TPSA) is 48.7 Å². The van der Waals surface area contributed by atoms with Crippen molar-refractivity contribution in [3.05, 3.63) is 77.0 Å². The predicted molar refractivity (Wildman–Crippen MR) is 121 cm³/mol. The van der Waals surface area contributed by atoms with Gasteiger partial charge in [0.2, 0.25) is 0 Å². The smallest absolute Gasteiger partial charge is 0.416 e. The van der Waals surface area contributed by atoms with Gasteiger partial charge in [0.1, 0.15) is 17.3 Å². The minimum Gasteiger partial charge on any atom is -0.476 e. The highest BCUT2D eigenvalue weighted by Crippen LogP contribution is 2.32. The van der Waals surface area contributed by atoms with Crippen LogP contribution in [0.25, 0.3) is 23.5 Å². The molecular weight excluding hydrogens is 433 g/mol. The number of halogens is 3. The second-order valence-corrected chi connectivity index (χ2v) is 7.93. The fraction of sp³-hybridized carbons (Fsp3) is 0.269. The maximum Gasteiger partial charge on any atom is 0.416 e. The lowest BCUT2D eigenvalue weighted by Gasteiger charge is -2.24. The van der Waals surface area contributed by atoms with Gasteiger partial charge in [-0.3, -0.25) is 0 Å². The van der Waals surface area contributed by atoms with Crippen LogP contribution in [0.2, 0.25) is 0 Å². The molecule has 0 atom stereocenters. The summed E-state index contributed by atoms with van der Waals surface area (Å²) < 4.78 is 54.8. The van der Waals surface area contributed by atoms with E-state index in [4.69, 9.17) is 13.9 Å². The highest BCUT2D eigenvalue weighted by molar-refractivity contribution is 5.79. The molecule has 0 N–H and O–H groups in total. The standard InChI is InChI=1S/C26H25F3O4/c1-5-31-24(30)25(3,4)33-22-14-7-18(8-15-22)6-9-20-16-23(32-17(20)2)19-10-12-21(13-11-19)26(27,28)29/h6-16H,5H2,1-4H3/b9-6-. The lowest BCUT2D eigenvalue weighted by Crippen LogP contribution is -2.39. The first kappa shape index (κ1) is 24.2. The largest absolute Gasteiger partial charge is 0.476 e. The van der Waals surface area contributed by atoms with Gasteiger partial charge in [0.25, 0.3) is 0 Å². The Kier molecular flexibility index (Phi) is 7.01. The van der Waals surface area contributed by atoms with E-state index in [1.165, 1.54) is 12.1 Å². The third kappa shape index (κ3) is 6.06. The quantitative estimate of drug-likeness (QED) is 0.352. The van der Waals surface area contributed by atoms with Crippen LogP contribution >= 0.6 is 0 Å². The summed E-state index contributed by atoms with van der Waals surface area (Å²) in [6.07, 6.45) is -0.625. The van der Waals surface area contributed by atoms with E-state index in [9.17, 15) is 18.0 Å². The number of rotatable bonds is 7. The van der Waals surface area contributed by atoms with Crippen LogP contribution in [0.5, 0.6) is 5.75 Å². The van der Waals surface area contributed by atoms with Crippen molar-refractivity contribution in [3.63, 3.8) is 0 Å². The van der Waals surface area contributed by atoms with Crippen LogP contribution in [-0.2, 0) is 15.7 Å². The highest BCUT2D eigenvalue weighted by atomic mass is 19.4. The van der Waals surface area contributed by atoms with E-state index >= 15 is 0 Å². The van der Waals surface area contributed by atoms with Crippen LogP contribution in [0.4, 0.5) is 13.2 Å². The van der Waals surface area contributed by atoms with E-state index in [0.29, 0.717) is 22.8 Å². The van der Waals surface area contributed by atoms with Gasteiger partial charge in [-0.05, 0) is 63.6 Å². The molecule has 0 aliphatic carbocycles. The summed E-state index contributed by atoms with van der Waals surface area (Å²) in [4.78, 5) is 12.0. The third-order valence-electron chi connectivity index (χ3n) is 4.93. The molecule has 3 aromatic rings. The number of ether oxygens (including phenoxy) is 2. The molecule has 1 aromatic heterocycles. The lowest BCUT2D eigenvalue weighted by molar-refractivity contribution is -0.158. The molecule has 1 heterocycles. The van der Waals surface area contributed by atoms with Crippen molar-refractivity contribution in [1.29, 1.82) is 0 Å². The number of hydrogen-bond acceptors (Lipinski definition) is 4. The van der Waals surface area contributed by atoms with E-state index in [-0.39, 0.29) is 6.61 Å². The molecule has 4 nitrogen and oxygen atoms in total. The number of carbonyl (C=O) groups is 1. The second kappa shape index (κ2) is 9.57. The Morgan fingerprint density at radius 3 is 2.21 bits per heavy atom. The summed E-state index contributed by atoms with van der Waals surface area (Å²) in [5.41, 5.74) is 0.474. The first-order valence-corrected chi connectivity index (χ1v) is 10.4. The van der Waals surface area contributed by atoms with Crippen molar-refractivity contribution >= 4 is 18.1 Å². The summed E-state index contributed by atoms with van der Waals surface area (Å²) in [5.74, 6) is 1.24. The molecule has 0 unspecified atom stereocenters. The van der Waals surface area contributed by atoms with Crippen molar-refractivity contribution in [3.8, 4) is 17.1 Å². The molecule has 0 bridgehead atoms. The van der Waals surface area contributed by atoms with E-state index in [0.717, 1.165) is 23.3 Å². The van der Waals surface area contributed by atoms with Gasteiger partial charge < -0.3 is 13.9 Å². The van der Waals surface area contributed by atoms with Gasteiger partial charge in [-0.2, -0.15) is 13.2 Å². The van der Waals surface area contributed by atoms with Crippen molar-refractivity contribution in [2.24, 2.45) is 0 Å². The number of alkyl halides is 3. The number of carbonyl (C=O) groups excluding carboxylic acids is 1. The average molecular weight is 458 g/mol. The Labute approximate surface area is 190 Å². The summed E-state index contributed by atoms with van der Waals surface area (Å²) in [6.45, 7) is 7.11. The van der Waals surface area contributed by atoms with Gasteiger partial charge in [0.05, 0.1) is 12.2 Å². The van der Waals surface area contributed by atoms with E-state index in [2.05, 4.69) is 0 Å². The second-order valence-electron chi connectivity index (χ2n) is 7.93. The van der Waals surface area contributed by atoms with Gasteiger partial charge in [0.15, 0.2) is 5.60 Å². The Morgan fingerprint density at radius 1 is 1.00 bits per heavy atom. The zero-order valence-corrected chi connectivity index (χ0v) is 18.8. The molecule has 0 aliphatic rings. The zero-order valence-electron chi connectivity index (χ0n) is 18.8. The molecule has 2 aromatic carbocycles. The van der Waals surface area contributed by atoms with Crippen LogP contribution < -0.4 is 4.74 Å². The van der Waals surface area contributed by atoms with Crippen LogP contribution in [0.3, 0.4) is 0 Å². The fourth-order valence-electron chi connectivity index (χ4n) is 3.10. The first-order valence-electron chi connectivity index (χ1n) is 10.4. The molecule has 0 spiro atoms. The molecule has 174 valence electrons. The summed E-state index contributed by atoms with van der Waals surface area (Å²) in [6, 6.07) is 13.9. The lowest BCUT2D eigenvalue weighted by atomic mass is 10.1. The van der Waals surface area contributed by atoms with Crippen molar-refractivity contribution in [1.82, 2.24) is 0 Å². The van der Waals surface area contributed by atoms with Crippen LogP contribution in [0.15, 0.2) is 59.0 Å². The zero-order chi connectivity index (χ0) is 24.2. The van der Waals surface area contributed by atoms with Crippen molar-refractivity contribution in [2.75, 3.05) is 6.61 Å². The average Bonchev–Trinajstić information content (AvgIpc) is 3.13. The first-order chi connectivity index (χ1) is 15.5. The normalized spacial score (nSPS) is 12.2. The molecule has 0 radical (unpaired) electrons. The van der Waals surface area contributed by atoms with Crippen LogP contribution in [0.1, 0.15) is 43.2 Å². The molecule has 7 heteroatoms. The Bertz CT molecular complexity index is 1120. The van der Waals surface area contributed by atoms with Gasteiger partial charge in [-0.1, -0.05) is 36.4 Å². The maximum absolute atomic E-state index is 12.8. The number of benzene rings is 2. The van der Waals surface area contributed by atoms with Gasteiger partial charge >= 0.3 is 12.1 Å². The van der Waals surface area contributed by atoms with Crippen molar-refractivity contribution < 1.29 is 31.9 Å². The van der Waals surface area contributed by atoms with Gasteiger partial charge in [0, 0.05) is 11.1 Å². The third-order valence-corrected chi connectivity index (χ3v) is 4.93. The number of esters is 1. The number of hydrogen-bond donors (Lipinski definition) is 0. The summed E-state index contributed by atoms with van der Waals surface area (Å²) >= 11 is 0. The Morgan fingerprint density at radius 2 is 1.64 bits per heavy atom. The molecule has 33 heavy (non-hydrogen) atoms. The van der Waals surface area contributed by atoms with Gasteiger partial charge in [-0.25, -0.2) is 4.79 Å². The fourth-order valence-corrected chi connectivity index (χ4v) is 3.10.